The molecule has 2 N–H and O–H groups in total. The van der Waals surface area contributed by atoms with Gasteiger partial charge >= 0.3 is 0 Å². The Kier molecular flexibility index (Phi) is 6.44. The van der Waals surface area contributed by atoms with Crippen molar-refractivity contribution in [3.63, 3.8) is 0 Å². The smallest absolute Gasteiger partial charge is 0.220 e. The minimum Gasteiger partial charge on any atom is -0.356 e. The Bertz CT molecular complexity index is 514. The number of carbonyl (C=O) groups excluding carboxylic acids is 2. The van der Waals surface area contributed by atoms with Crippen LogP contribution in [0.4, 0.5) is 0 Å². The SMILES string of the molecule is CC(=O)NCCCCCC(=O)N[C@H]1CCCc2ccccc21. The molecule has 0 aromatic heterocycles. The molecule has 0 aliphatic heterocycles. The van der Waals surface area contributed by atoms with Gasteiger partial charge in [-0.3, -0.25) is 9.59 Å². The van der Waals surface area contributed by atoms with Crippen LogP contribution in [0.2, 0.25) is 0 Å². The van der Waals surface area contributed by atoms with Crippen molar-refractivity contribution in [2.24, 2.45) is 0 Å². The van der Waals surface area contributed by atoms with Gasteiger partial charge in [0.05, 0.1) is 6.04 Å². The zero-order valence-corrected chi connectivity index (χ0v) is 13.4. The molecule has 22 heavy (non-hydrogen) atoms. The van der Waals surface area contributed by atoms with Gasteiger partial charge in [-0.1, -0.05) is 30.7 Å². The van der Waals surface area contributed by atoms with E-state index >= 15 is 0 Å². The summed E-state index contributed by atoms with van der Waals surface area (Å²) in [4.78, 5) is 22.8. The first kappa shape index (κ1) is 16.5. The van der Waals surface area contributed by atoms with Crippen molar-refractivity contribution in [3.8, 4) is 0 Å². The highest BCUT2D eigenvalue weighted by molar-refractivity contribution is 5.76. The molecular formula is C18H26N2O2. The van der Waals surface area contributed by atoms with Gasteiger partial charge in [0.25, 0.3) is 0 Å². The fourth-order valence-electron chi connectivity index (χ4n) is 3.02. The molecule has 1 aromatic rings. The van der Waals surface area contributed by atoms with E-state index < -0.39 is 0 Å². The third-order valence-corrected chi connectivity index (χ3v) is 4.16. The van der Waals surface area contributed by atoms with E-state index in [-0.39, 0.29) is 17.9 Å². The molecule has 1 aliphatic rings. The number of aryl methyl sites for hydroxylation is 1. The maximum atomic E-state index is 12.1. The first-order chi connectivity index (χ1) is 10.7. The number of benzene rings is 1. The largest absolute Gasteiger partial charge is 0.356 e. The first-order valence-corrected chi connectivity index (χ1v) is 8.28. The zero-order valence-electron chi connectivity index (χ0n) is 13.4. The van der Waals surface area contributed by atoms with E-state index in [1.54, 1.807) is 0 Å². The van der Waals surface area contributed by atoms with Gasteiger partial charge in [0.15, 0.2) is 0 Å². The van der Waals surface area contributed by atoms with Gasteiger partial charge < -0.3 is 10.6 Å². The number of fused-ring (bicyclic) bond motifs is 1. The van der Waals surface area contributed by atoms with Crippen molar-refractivity contribution < 1.29 is 9.59 Å². The van der Waals surface area contributed by atoms with Crippen molar-refractivity contribution in [3.05, 3.63) is 35.4 Å². The Morgan fingerprint density at radius 1 is 1.18 bits per heavy atom. The highest BCUT2D eigenvalue weighted by Crippen LogP contribution is 2.29. The molecule has 0 unspecified atom stereocenters. The van der Waals surface area contributed by atoms with Gasteiger partial charge in [-0.25, -0.2) is 0 Å². The van der Waals surface area contributed by atoms with E-state index in [4.69, 9.17) is 0 Å². The molecule has 2 amide bonds. The average molecular weight is 302 g/mol. The summed E-state index contributed by atoms with van der Waals surface area (Å²) in [6.07, 6.45) is 6.63. The van der Waals surface area contributed by atoms with Gasteiger partial charge in [0, 0.05) is 19.9 Å². The maximum Gasteiger partial charge on any atom is 0.220 e. The number of rotatable bonds is 7. The summed E-state index contributed by atoms with van der Waals surface area (Å²) < 4.78 is 0. The summed E-state index contributed by atoms with van der Waals surface area (Å²) in [7, 11) is 0. The van der Waals surface area contributed by atoms with Crippen LogP contribution in [0.15, 0.2) is 24.3 Å². The number of nitrogens with one attached hydrogen (secondary N) is 2. The lowest BCUT2D eigenvalue weighted by atomic mass is 9.87. The molecule has 0 saturated heterocycles. The molecule has 4 nitrogen and oxygen atoms in total. The molecule has 1 aromatic carbocycles. The van der Waals surface area contributed by atoms with Crippen LogP contribution in [0.3, 0.4) is 0 Å². The second-order valence-electron chi connectivity index (χ2n) is 6.00. The van der Waals surface area contributed by atoms with Crippen LogP contribution < -0.4 is 10.6 Å². The molecule has 2 rings (SSSR count). The van der Waals surface area contributed by atoms with E-state index in [0.29, 0.717) is 13.0 Å². The molecule has 0 spiro atoms. The lowest BCUT2D eigenvalue weighted by molar-refractivity contribution is -0.122. The summed E-state index contributed by atoms with van der Waals surface area (Å²) in [5.74, 6) is 0.148. The Morgan fingerprint density at radius 3 is 2.82 bits per heavy atom. The maximum absolute atomic E-state index is 12.1. The minimum absolute atomic E-state index is 0.00806. The Hall–Kier alpha value is -1.84. The molecule has 0 saturated carbocycles. The van der Waals surface area contributed by atoms with Crippen molar-refractivity contribution in [1.29, 1.82) is 0 Å². The third-order valence-electron chi connectivity index (χ3n) is 4.16. The van der Waals surface area contributed by atoms with E-state index in [1.807, 2.05) is 6.07 Å². The average Bonchev–Trinajstić information content (AvgIpc) is 2.51. The molecule has 0 bridgehead atoms. The second kappa shape index (κ2) is 8.57. The second-order valence-corrected chi connectivity index (χ2v) is 6.00. The van der Waals surface area contributed by atoms with Crippen LogP contribution in [0.5, 0.6) is 0 Å². The number of hydrogen-bond donors (Lipinski definition) is 2. The molecule has 0 fully saturated rings. The van der Waals surface area contributed by atoms with Crippen molar-refractivity contribution in [2.75, 3.05) is 6.54 Å². The van der Waals surface area contributed by atoms with E-state index in [9.17, 15) is 9.59 Å². The molecular weight excluding hydrogens is 276 g/mol. The van der Waals surface area contributed by atoms with Gasteiger partial charge in [0.2, 0.25) is 11.8 Å². The minimum atomic E-state index is 0.00806. The molecule has 1 atom stereocenters. The normalized spacial score (nSPS) is 16.7. The quantitative estimate of drug-likeness (QED) is 0.761. The zero-order chi connectivity index (χ0) is 15.8. The van der Waals surface area contributed by atoms with E-state index in [2.05, 4.69) is 28.8 Å². The predicted octanol–water partition coefficient (Wildman–Crippen LogP) is 2.88. The predicted molar refractivity (Wildman–Crippen MR) is 87.4 cm³/mol. The number of carbonyl (C=O) groups is 2. The van der Waals surface area contributed by atoms with Crippen molar-refractivity contribution in [2.45, 2.75) is 57.9 Å². The highest BCUT2D eigenvalue weighted by Gasteiger charge is 2.20. The summed E-state index contributed by atoms with van der Waals surface area (Å²) in [5, 5.41) is 5.95. The van der Waals surface area contributed by atoms with Crippen LogP contribution in [-0.4, -0.2) is 18.4 Å². The van der Waals surface area contributed by atoms with Crippen LogP contribution in [0, 0.1) is 0 Å². The summed E-state index contributed by atoms with van der Waals surface area (Å²) in [6, 6.07) is 8.59. The van der Waals surface area contributed by atoms with E-state index in [1.165, 1.54) is 18.1 Å². The van der Waals surface area contributed by atoms with Crippen molar-refractivity contribution >= 4 is 11.8 Å². The molecule has 4 heteroatoms. The molecule has 120 valence electrons. The summed E-state index contributed by atoms with van der Waals surface area (Å²) >= 11 is 0. The highest BCUT2D eigenvalue weighted by atomic mass is 16.2. The molecule has 0 radical (unpaired) electrons. The van der Waals surface area contributed by atoms with Crippen LogP contribution in [0.1, 0.15) is 62.6 Å². The van der Waals surface area contributed by atoms with Crippen molar-refractivity contribution in [1.82, 2.24) is 10.6 Å². The van der Waals surface area contributed by atoms with Gasteiger partial charge in [-0.05, 0) is 43.2 Å². The monoisotopic (exact) mass is 302 g/mol. The van der Waals surface area contributed by atoms with Gasteiger partial charge in [0.1, 0.15) is 0 Å². The first-order valence-electron chi connectivity index (χ1n) is 8.28. The Balaban J connectivity index is 1.69. The van der Waals surface area contributed by atoms with Crippen LogP contribution >= 0.6 is 0 Å². The summed E-state index contributed by atoms with van der Waals surface area (Å²) in [5.41, 5.74) is 2.65. The Labute approximate surface area is 132 Å². The number of amides is 2. The third kappa shape index (κ3) is 5.17. The van der Waals surface area contributed by atoms with Crippen LogP contribution in [-0.2, 0) is 16.0 Å². The van der Waals surface area contributed by atoms with E-state index in [0.717, 1.165) is 38.5 Å². The van der Waals surface area contributed by atoms with Gasteiger partial charge in [-0.2, -0.15) is 0 Å². The topological polar surface area (TPSA) is 58.2 Å². The molecule has 0 heterocycles. The summed E-state index contributed by atoms with van der Waals surface area (Å²) in [6.45, 7) is 2.22. The standard InChI is InChI=1S/C18H26N2O2/c1-14(21)19-13-6-2-3-12-18(22)20-17-11-7-9-15-8-4-5-10-16(15)17/h4-5,8,10,17H,2-3,6-7,9,11-13H2,1H3,(H,19,21)(H,20,22)/t17-/m0/s1. The Morgan fingerprint density at radius 2 is 2.00 bits per heavy atom. The lowest BCUT2D eigenvalue weighted by Gasteiger charge is -2.26. The number of unbranched alkanes of at least 4 members (excludes halogenated alkanes) is 2. The van der Waals surface area contributed by atoms with Gasteiger partial charge in [-0.15, -0.1) is 0 Å². The molecule has 1 aliphatic carbocycles. The fraction of sp³-hybridized carbons (Fsp3) is 0.556. The number of hydrogen-bond acceptors (Lipinski definition) is 2. The lowest BCUT2D eigenvalue weighted by Crippen LogP contribution is -2.30. The van der Waals surface area contributed by atoms with Crippen LogP contribution in [0.25, 0.3) is 0 Å². The fourth-order valence-corrected chi connectivity index (χ4v) is 3.02.